The fourth-order valence-electron chi connectivity index (χ4n) is 6.97. The summed E-state index contributed by atoms with van der Waals surface area (Å²) in [7, 11) is 2.14. The van der Waals surface area contributed by atoms with Gasteiger partial charge in [-0.05, 0) is 67.1 Å². The van der Waals surface area contributed by atoms with Gasteiger partial charge in [-0.25, -0.2) is 9.37 Å². The Bertz CT molecular complexity index is 1740. The summed E-state index contributed by atoms with van der Waals surface area (Å²) in [5.41, 5.74) is 8.32. The van der Waals surface area contributed by atoms with Crippen LogP contribution in [-0.2, 0) is 35.6 Å². The summed E-state index contributed by atoms with van der Waals surface area (Å²) in [5.74, 6) is -1.01. The Balaban J connectivity index is 1.46. The number of cyclic esters (lactones) is 1. The Morgan fingerprint density at radius 1 is 1.13 bits per heavy atom. The van der Waals surface area contributed by atoms with Crippen molar-refractivity contribution >= 4 is 16.9 Å². The quantitative estimate of drug-likeness (QED) is 0.289. The lowest BCUT2D eigenvalue weighted by Gasteiger charge is -2.35. The van der Waals surface area contributed by atoms with Crippen molar-refractivity contribution in [3.8, 4) is 11.4 Å². The molecule has 0 N–H and O–H groups in total. The molecule has 2 atom stereocenters. The summed E-state index contributed by atoms with van der Waals surface area (Å²) in [4.78, 5) is 33.6. The number of benzene rings is 2. The smallest absolute Gasteiger partial charge is 0.313 e. The number of rotatable bonds is 4. The van der Waals surface area contributed by atoms with Gasteiger partial charge in [0.1, 0.15) is 12.4 Å². The zero-order valence-electron chi connectivity index (χ0n) is 22.4. The van der Waals surface area contributed by atoms with E-state index in [1.165, 1.54) is 5.56 Å². The Morgan fingerprint density at radius 2 is 1.92 bits per heavy atom. The standard InChI is InChI=1S/C32H30FN3O3/c1-4-19-21-12-27-30-22(15-36(27)31(37)23(21)16-39-32(19)38)29-26(35(3)14-18-8-6-5-7-9-18)11-10-20-17(2)24(33)13-25(34-30)28(20)29/h5-9,12-13,19,26H,4,10-11,14-16H2,1-3H3. The van der Waals surface area contributed by atoms with Crippen molar-refractivity contribution in [2.24, 2.45) is 0 Å². The molecule has 0 saturated heterocycles. The maximum absolute atomic E-state index is 15.1. The average Bonchev–Trinajstić information content (AvgIpc) is 3.30. The van der Waals surface area contributed by atoms with E-state index >= 15 is 4.39 Å². The summed E-state index contributed by atoms with van der Waals surface area (Å²) in [6.07, 6.45) is 2.18. The number of nitrogens with zero attached hydrogens (tertiary/aromatic N) is 3. The molecule has 4 aromatic rings. The van der Waals surface area contributed by atoms with Crippen molar-refractivity contribution < 1.29 is 13.9 Å². The number of pyridine rings is 2. The lowest BCUT2D eigenvalue weighted by molar-refractivity contribution is -0.148. The largest absolute Gasteiger partial charge is 0.460 e. The first kappa shape index (κ1) is 24.2. The molecule has 4 heterocycles. The minimum Gasteiger partial charge on any atom is -0.460 e. The molecule has 2 aromatic carbocycles. The van der Waals surface area contributed by atoms with E-state index in [2.05, 4.69) is 36.2 Å². The van der Waals surface area contributed by atoms with E-state index in [0.29, 0.717) is 35.3 Å². The molecule has 7 rings (SSSR count). The predicted molar refractivity (Wildman–Crippen MR) is 147 cm³/mol. The van der Waals surface area contributed by atoms with Gasteiger partial charge in [-0.3, -0.25) is 14.5 Å². The van der Waals surface area contributed by atoms with Crippen LogP contribution in [0.25, 0.3) is 22.3 Å². The Labute approximate surface area is 226 Å². The molecule has 0 fully saturated rings. The van der Waals surface area contributed by atoms with Crippen molar-refractivity contribution in [3.05, 3.63) is 97.6 Å². The van der Waals surface area contributed by atoms with Crippen LogP contribution in [0, 0.1) is 12.7 Å². The number of aromatic nitrogens is 2. The van der Waals surface area contributed by atoms with Crippen LogP contribution in [0.2, 0.25) is 0 Å². The molecule has 1 aliphatic carbocycles. The second-order valence-corrected chi connectivity index (χ2v) is 11.1. The SMILES string of the molecule is CCC1C(=O)OCc2c1cc1n(c2=O)Cc2c-1nc1cc(F)c(C)c3c1c2C(N(C)Cc1ccccc1)CC3. The Morgan fingerprint density at radius 3 is 2.69 bits per heavy atom. The first-order valence-corrected chi connectivity index (χ1v) is 13.7. The van der Waals surface area contributed by atoms with Gasteiger partial charge in [0, 0.05) is 29.6 Å². The summed E-state index contributed by atoms with van der Waals surface area (Å²) in [6, 6.07) is 14.0. The second kappa shape index (κ2) is 8.85. The highest BCUT2D eigenvalue weighted by Crippen LogP contribution is 2.47. The van der Waals surface area contributed by atoms with Crippen molar-refractivity contribution in [2.75, 3.05) is 7.05 Å². The van der Waals surface area contributed by atoms with Gasteiger partial charge < -0.3 is 9.30 Å². The average molecular weight is 524 g/mol. The Kier molecular flexibility index (Phi) is 5.49. The number of aryl methyl sites for hydroxylation is 1. The number of carbonyl (C=O) groups excluding carboxylic acids is 1. The Hall–Kier alpha value is -3.84. The van der Waals surface area contributed by atoms with Crippen LogP contribution in [0.5, 0.6) is 0 Å². The predicted octanol–water partition coefficient (Wildman–Crippen LogP) is 5.54. The van der Waals surface area contributed by atoms with Crippen molar-refractivity contribution in [3.63, 3.8) is 0 Å². The summed E-state index contributed by atoms with van der Waals surface area (Å²) < 4.78 is 22.3. The van der Waals surface area contributed by atoms with E-state index in [9.17, 15) is 9.59 Å². The molecule has 0 bridgehead atoms. The van der Waals surface area contributed by atoms with Gasteiger partial charge >= 0.3 is 5.97 Å². The fourth-order valence-corrected chi connectivity index (χ4v) is 6.97. The van der Waals surface area contributed by atoms with Gasteiger partial charge in [0.2, 0.25) is 0 Å². The van der Waals surface area contributed by atoms with E-state index in [4.69, 9.17) is 9.72 Å². The van der Waals surface area contributed by atoms with Gasteiger partial charge in [0.15, 0.2) is 0 Å². The molecular formula is C32H30FN3O3. The zero-order valence-corrected chi connectivity index (χ0v) is 22.4. The number of halogens is 1. The maximum Gasteiger partial charge on any atom is 0.313 e. The molecule has 3 aliphatic rings. The molecule has 0 spiro atoms. The number of hydrogen-bond acceptors (Lipinski definition) is 5. The van der Waals surface area contributed by atoms with Crippen LogP contribution >= 0.6 is 0 Å². The third kappa shape index (κ3) is 3.52. The van der Waals surface area contributed by atoms with Crippen LogP contribution in [0.4, 0.5) is 4.39 Å². The highest BCUT2D eigenvalue weighted by Gasteiger charge is 2.38. The lowest BCUT2D eigenvalue weighted by atomic mass is 9.81. The maximum atomic E-state index is 15.1. The van der Waals surface area contributed by atoms with Crippen molar-refractivity contribution in [1.82, 2.24) is 14.5 Å². The van der Waals surface area contributed by atoms with Crippen molar-refractivity contribution in [2.45, 2.75) is 64.8 Å². The summed E-state index contributed by atoms with van der Waals surface area (Å²) >= 11 is 0. The topological polar surface area (TPSA) is 64.4 Å². The number of esters is 1. The first-order valence-electron chi connectivity index (χ1n) is 13.7. The van der Waals surface area contributed by atoms with Crippen LogP contribution in [-0.4, -0.2) is 27.5 Å². The molecule has 2 aromatic heterocycles. The monoisotopic (exact) mass is 523 g/mol. The van der Waals surface area contributed by atoms with E-state index in [1.807, 2.05) is 26.0 Å². The van der Waals surface area contributed by atoms with Crippen LogP contribution in [0.1, 0.15) is 70.7 Å². The van der Waals surface area contributed by atoms with Gasteiger partial charge in [0.05, 0.1) is 34.9 Å². The lowest BCUT2D eigenvalue weighted by Crippen LogP contribution is -2.32. The molecule has 39 heavy (non-hydrogen) atoms. The van der Waals surface area contributed by atoms with Gasteiger partial charge in [-0.1, -0.05) is 37.3 Å². The first-order chi connectivity index (χ1) is 18.9. The number of fused-ring (bicyclic) bond motifs is 5. The minimum absolute atomic E-state index is 0.000616. The van der Waals surface area contributed by atoms with Crippen LogP contribution in [0.3, 0.4) is 0 Å². The van der Waals surface area contributed by atoms with E-state index in [-0.39, 0.29) is 30.0 Å². The third-order valence-electron chi connectivity index (χ3n) is 8.97. The summed E-state index contributed by atoms with van der Waals surface area (Å²) in [5, 5.41) is 1.03. The number of carbonyl (C=O) groups is 1. The van der Waals surface area contributed by atoms with E-state index < -0.39 is 5.92 Å². The highest BCUT2D eigenvalue weighted by atomic mass is 19.1. The van der Waals surface area contributed by atoms with Gasteiger partial charge in [-0.15, -0.1) is 0 Å². The molecule has 2 unspecified atom stereocenters. The van der Waals surface area contributed by atoms with Crippen molar-refractivity contribution in [1.29, 1.82) is 0 Å². The van der Waals surface area contributed by atoms with Gasteiger partial charge in [-0.2, -0.15) is 0 Å². The molecule has 198 valence electrons. The molecule has 6 nitrogen and oxygen atoms in total. The minimum atomic E-state index is -0.466. The summed E-state index contributed by atoms with van der Waals surface area (Å²) in [6.45, 7) is 4.96. The molecule has 7 heteroatoms. The van der Waals surface area contributed by atoms with Crippen LogP contribution in [0.15, 0.2) is 47.3 Å². The fraction of sp³-hybridized carbons (Fsp3) is 0.344. The molecule has 2 aliphatic heterocycles. The molecule has 0 radical (unpaired) electrons. The number of hydrogen-bond donors (Lipinski definition) is 0. The van der Waals surface area contributed by atoms with E-state index in [0.717, 1.165) is 52.7 Å². The van der Waals surface area contributed by atoms with Crippen LogP contribution < -0.4 is 5.56 Å². The van der Waals surface area contributed by atoms with Gasteiger partial charge in [0.25, 0.3) is 5.56 Å². The molecular weight excluding hydrogens is 493 g/mol. The second-order valence-electron chi connectivity index (χ2n) is 11.1. The molecule has 0 amide bonds. The number of ether oxygens (including phenoxy) is 1. The van der Waals surface area contributed by atoms with E-state index in [1.54, 1.807) is 10.6 Å². The normalized spacial score (nSPS) is 19.2. The highest BCUT2D eigenvalue weighted by molar-refractivity contribution is 5.93. The zero-order chi connectivity index (χ0) is 27.0. The third-order valence-corrected chi connectivity index (χ3v) is 8.97. The molecule has 0 saturated carbocycles.